The zero-order valence-corrected chi connectivity index (χ0v) is 10.3. The molecule has 0 aliphatic rings. The first-order valence-corrected chi connectivity index (χ1v) is 5.87. The zero-order valence-electron chi connectivity index (χ0n) is 8.72. The summed E-state index contributed by atoms with van der Waals surface area (Å²) in [4.78, 5) is 8.90. The first-order chi connectivity index (χ1) is 8.04. The molecule has 0 amide bonds. The van der Waals surface area contributed by atoms with Crippen molar-refractivity contribution in [3.05, 3.63) is 29.3 Å². The lowest BCUT2D eigenvalue weighted by Crippen LogP contribution is -1.99. The van der Waals surface area contributed by atoms with E-state index in [-0.39, 0.29) is 0 Å². The molecule has 6 N–H and O–H groups in total. The highest BCUT2D eigenvalue weighted by Gasteiger charge is 2.07. The fourth-order valence-electron chi connectivity index (χ4n) is 1.21. The van der Waals surface area contributed by atoms with E-state index in [1.54, 1.807) is 18.2 Å². The Morgan fingerprint density at radius 3 is 2.24 bits per heavy atom. The van der Waals surface area contributed by atoms with Gasteiger partial charge in [0.1, 0.15) is 11.6 Å². The van der Waals surface area contributed by atoms with Gasteiger partial charge in [0.15, 0.2) is 5.16 Å². The number of nitrogens with two attached hydrogens (primary N) is 3. The predicted molar refractivity (Wildman–Crippen MR) is 70.8 cm³/mol. The van der Waals surface area contributed by atoms with E-state index < -0.39 is 0 Å². The number of hydrogen-bond donors (Lipinski definition) is 3. The standard InChI is InChI=1S/C10H10ClN5S/c11-6-3-5(12)1-2-7(6)17-10-15-8(13)4-9(14)16-10/h1-4H,12H2,(H4,13,14,15,16). The van der Waals surface area contributed by atoms with Crippen molar-refractivity contribution in [3.8, 4) is 0 Å². The minimum atomic E-state index is 0.326. The Balaban J connectivity index is 2.31. The maximum Gasteiger partial charge on any atom is 0.196 e. The van der Waals surface area contributed by atoms with E-state index in [1.807, 2.05) is 0 Å². The Morgan fingerprint density at radius 2 is 1.65 bits per heavy atom. The summed E-state index contributed by atoms with van der Waals surface area (Å²) < 4.78 is 0. The average molecular weight is 268 g/mol. The molecule has 0 bridgehead atoms. The summed E-state index contributed by atoms with van der Waals surface area (Å²) in [5.41, 5.74) is 17.4. The highest BCUT2D eigenvalue weighted by molar-refractivity contribution is 7.99. The number of rotatable bonds is 2. The summed E-state index contributed by atoms with van der Waals surface area (Å²) in [5.74, 6) is 0.651. The third-order valence-corrected chi connectivity index (χ3v) is 3.27. The molecular formula is C10H10ClN5S. The molecule has 0 fully saturated rings. The van der Waals surface area contributed by atoms with Crippen LogP contribution in [0.1, 0.15) is 0 Å². The van der Waals surface area contributed by atoms with Crippen molar-refractivity contribution in [1.29, 1.82) is 0 Å². The lowest BCUT2D eigenvalue weighted by atomic mass is 10.3. The number of nitrogens with zero attached hydrogens (tertiary/aromatic N) is 2. The van der Waals surface area contributed by atoms with Crippen molar-refractivity contribution in [1.82, 2.24) is 9.97 Å². The highest BCUT2D eigenvalue weighted by atomic mass is 35.5. The summed E-state index contributed by atoms with van der Waals surface area (Å²) in [6.45, 7) is 0. The zero-order chi connectivity index (χ0) is 12.4. The van der Waals surface area contributed by atoms with Gasteiger partial charge in [-0.15, -0.1) is 0 Å². The van der Waals surface area contributed by atoms with Crippen LogP contribution < -0.4 is 17.2 Å². The molecule has 1 aromatic heterocycles. The fourth-order valence-corrected chi connectivity index (χ4v) is 2.30. The third kappa shape index (κ3) is 2.92. The van der Waals surface area contributed by atoms with Crippen LogP contribution >= 0.6 is 23.4 Å². The van der Waals surface area contributed by atoms with Gasteiger partial charge in [-0.1, -0.05) is 11.6 Å². The van der Waals surface area contributed by atoms with Crippen molar-refractivity contribution < 1.29 is 0 Å². The van der Waals surface area contributed by atoms with Gasteiger partial charge in [0, 0.05) is 16.6 Å². The summed E-state index contributed by atoms with van der Waals surface area (Å²) in [5, 5.41) is 0.994. The summed E-state index contributed by atoms with van der Waals surface area (Å²) in [7, 11) is 0. The van der Waals surface area contributed by atoms with Crippen LogP contribution in [0.2, 0.25) is 5.02 Å². The maximum absolute atomic E-state index is 6.04. The monoisotopic (exact) mass is 267 g/mol. The Hall–Kier alpha value is -1.66. The molecule has 7 heteroatoms. The average Bonchev–Trinajstić information content (AvgIpc) is 2.21. The van der Waals surface area contributed by atoms with Crippen LogP contribution in [0.4, 0.5) is 17.3 Å². The fraction of sp³-hybridized carbons (Fsp3) is 0. The smallest absolute Gasteiger partial charge is 0.196 e. The maximum atomic E-state index is 6.04. The van der Waals surface area contributed by atoms with E-state index in [0.717, 1.165) is 4.90 Å². The molecule has 17 heavy (non-hydrogen) atoms. The lowest BCUT2D eigenvalue weighted by molar-refractivity contribution is 0.984. The van der Waals surface area contributed by atoms with Gasteiger partial charge in [0.05, 0.1) is 5.02 Å². The van der Waals surface area contributed by atoms with Crippen molar-refractivity contribution in [3.63, 3.8) is 0 Å². The molecule has 0 spiro atoms. The van der Waals surface area contributed by atoms with E-state index in [9.17, 15) is 0 Å². The number of halogens is 1. The molecule has 0 aliphatic carbocycles. The van der Waals surface area contributed by atoms with Crippen LogP contribution in [-0.4, -0.2) is 9.97 Å². The van der Waals surface area contributed by atoms with E-state index in [1.165, 1.54) is 17.8 Å². The minimum absolute atomic E-state index is 0.326. The van der Waals surface area contributed by atoms with Crippen LogP contribution in [0, 0.1) is 0 Å². The minimum Gasteiger partial charge on any atom is -0.399 e. The molecule has 5 nitrogen and oxygen atoms in total. The van der Waals surface area contributed by atoms with Crippen LogP contribution in [0.3, 0.4) is 0 Å². The van der Waals surface area contributed by atoms with Crippen LogP contribution in [0.25, 0.3) is 0 Å². The van der Waals surface area contributed by atoms with Crippen molar-refractivity contribution in [2.24, 2.45) is 0 Å². The number of aromatic nitrogens is 2. The van der Waals surface area contributed by atoms with Gasteiger partial charge in [0.2, 0.25) is 0 Å². The van der Waals surface area contributed by atoms with E-state index >= 15 is 0 Å². The first kappa shape index (κ1) is 11.8. The van der Waals surface area contributed by atoms with Gasteiger partial charge < -0.3 is 17.2 Å². The summed E-state index contributed by atoms with van der Waals surface area (Å²) >= 11 is 7.32. The first-order valence-electron chi connectivity index (χ1n) is 4.67. The van der Waals surface area contributed by atoms with Gasteiger partial charge in [-0.25, -0.2) is 9.97 Å². The Bertz CT molecular complexity index is 540. The van der Waals surface area contributed by atoms with E-state index in [4.69, 9.17) is 28.8 Å². The highest BCUT2D eigenvalue weighted by Crippen LogP contribution is 2.33. The predicted octanol–water partition coefficient (Wildman–Crippen LogP) is 2.03. The van der Waals surface area contributed by atoms with Crippen molar-refractivity contribution in [2.75, 3.05) is 17.2 Å². The Morgan fingerprint density at radius 1 is 1.00 bits per heavy atom. The topological polar surface area (TPSA) is 104 Å². The van der Waals surface area contributed by atoms with Gasteiger partial charge in [-0.3, -0.25) is 0 Å². The van der Waals surface area contributed by atoms with Gasteiger partial charge in [0.25, 0.3) is 0 Å². The van der Waals surface area contributed by atoms with E-state index in [0.29, 0.717) is 27.5 Å². The molecule has 0 radical (unpaired) electrons. The van der Waals surface area contributed by atoms with Gasteiger partial charge in [-0.2, -0.15) is 0 Å². The second-order valence-corrected chi connectivity index (χ2v) is 4.71. The molecule has 2 aromatic rings. The molecule has 2 rings (SSSR count). The van der Waals surface area contributed by atoms with Gasteiger partial charge in [-0.05, 0) is 30.0 Å². The largest absolute Gasteiger partial charge is 0.399 e. The molecule has 1 aromatic carbocycles. The van der Waals surface area contributed by atoms with Crippen LogP contribution in [0.15, 0.2) is 34.3 Å². The quantitative estimate of drug-likeness (QED) is 0.568. The molecular weight excluding hydrogens is 258 g/mol. The molecule has 0 atom stereocenters. The molecule has 0 saturated carbocycles. The second-order valence-electron chi connectivity index (χ2n) is 3.29. The number of nitrogen functional groups attached to an aromatic ring is 3. The van der Waals surface area contributed by atoms with Crippen molar-refractivity contribution in [2.45, 2.75) is 10.1 Å². The van der Waals surface area contributed by atoms with Gasteiger partial charge >= 0.3 is 0 Å². The molecule has 1 heterocycles. The summed E-state index contributed by atoms with van der Waals surface area (Å²) in [6.07, 6.45) is 0. The molecule has 0 unspecified atom stereocenters. The number of anilines is 3. The Kier molecular flexibility index (Phi) is 3.26. The molecule has 0 aliphatic heterocycles. The second kappa shape index (κ2) is 4.68. The third-order valence-electron chi connectivity index (χ3n) is 1.90. The van der Waals surface area contributed by atoms with Crippen LogP contribution in [0.5, 0.6) is 0 Å². The van der Waals surface area contributed by atoms with Crippen LogP contribution in [-0.2, 0) is 0 Å². The molecule has 88 valence electrons. The van der Waals surface area contributed by atoms with Crippen molar-refractivity contribution >= 4 is 40.7 Å². The lowest BCUT2D eigenvalue weighted by Gasteiger charge is -2.05. The molecule has 0 saturated heterocycles. The Labute approximate surface area is 107 Å². The summed E-state index contributed by atoms with van der Waals surface area (Å²) in [6, 6.07) is 6.71. The number of benzene rings is 1. The number of hydrogen-bond acceptors (Lipinski definition) is 6. The normalized spacial score (nSPS) is 10.4. The SMILES string of the molecule is Nc1ccc(Sc2nc(N)cc(N)n2)c(Cl)c1. The van der Waals surface area contributed by atoms with E-state index in [2.05, 4.69) is 9.97 Å².